The second kappa shape index (κ2) is 6.62. The lowest BCUT2D eigenvalue weighted by molar-refractivity contribution is -0.133. The van der Waals surface area contributed by atoms with Crippen molar-refractivity contribution >= 4 is 28.2 Å². The van der Waals surface area contributed by atoms with Crippen LogP contribution in [-0.2, 0) is 14.6 Å². The van der Waals surface area contributed by atoms with E-state index >= 15 is 0 Å². The molecule has 1 atom stereocenters. The Morgan fingerprint density at radius 2 is 2.05 bits per heavy atom. The van der Waals surface area contributed by atoms with Crippen LogP contribution in [0.1, 0.15) is 32.1 Å². The van der Waals surface area contributed by atoms with Gasteiger partial charge < -0.3 is 10.2 Å². The molecule has 0 aromatic rings. The fourth-order valence-corrected chi connectivity index (χ4v) is 4.64. The molecule has 0 spiro atoms. The first-order valence-electron chi connectivity index (χ1n) is 6.97. The van der Waals surface area contributed by atoms with Crippen molar-refractivity contribution in [3.8, 4) is 0 Å². The summed E-state index contributed by atoms with van der Waals surface area (Å²) in [5.74, 6) is 0.301. The summed E-state index contributed by atoms with van der Waals surface area (Å²) in [6, 6.07) is 0.284. The van der Waals surface area contributed by atoms with E-state index in [2.05, 4.69) is 5.32 Å². The number of hydrogen-bond donors (Lipinski definition) is 1. The van der Waals surface area contributed by atoms with Crippen molar-refractivity contribution in [3.63, 3.8) is 0 Å². The molecular weight excluding hydrogens is 300 g/mol. The number of carbonyl (C=O) groups is 1. The molecule has 1 N–H and O–H groups in total. The molecule has 5 nitrogen and oxygen atoms in total. The Hall–Kier alpha value is -0.330. The van der Waals surface area contributed by atoms with Crippen LogP contribution in [0.3, 0.4) is 0 Å². The molecular formula is C13H25ClN2O3S. The highest BCUT2D eigenvalue weighted by Gasteiger charge is 2.48. The van der Waals surface area contributed by atoms with Gasteiger partial charge in [0.15, 0.2) is 0 Å². The highest BCUT2D eigenvalue weighted by molar-refractivity contribution is 7.90. The molecule has 1 unspecified atom stereocenters. The highest BCUT2D eigenvalue weighted by atomic mass is 35.5. The van der Waals surface area contributed by atoms with Crippen LogP contribution in [0.2, 0.25) is 0 Å². The Morgan fingerprint density at radius 3 is 2.55 bits per heavy atom. The van der Waals surface area contributed by atoms with Crippen molar-refractivity contribution in [2.24, 2.45) is 5.41 Å². The van der Waals surface area contributed by atoms with Crippen molar-refractivity contribution in [2.75, 3.05) is 32.1 Å². The van der Waals surface area contributed by atoms with E-state index in [1.54, 1.807) is 0 Å². The van der Waals surface area contributed by atoms with Gasteiger partial charge in [0.1, 0.15) is 9.84 Å². The largest absolute Gasteiger partial charge is 0.338 e. The minimum Gasteiger partial charge on any atom is -0.338 e. The highest BCUT2D eigenvalue weighted by Crippen LogP contribution is 2.50. The Balaban J connectivity index is 0.00000200. The average Bonchev–Trinajstić information content (AvgIpc) is 2.85. The molecule has 20 heavy (non-hydrogen) atoms. The van der Waals surface area contributed by atoms with Crippen molar-refractivity contribution in [1.29, 1.82) is 0 Å². The maximum atomic E-state index is 12.4. The molecule has 2 aliphatic rings. The summed E-state index contributed by atoms with van der Waals surface area (Å²) >= 11 is 0. The smallest absolute Gasteiger partial charge is 0.223 e. The molecule has 1 aliphatic heterocycles. The number of likely N-dealkylation sites (N-methyl/N-ethyl adjacent to an activating group) is 1. The van der Waals surface area contributed by atoms with E-state index in [9.17, 15) is 13.2 Å². The maximum Gasteiger partial charge on any atom is 0.223 e. The van der Waals surface area contributed by atoms with E-state index in [0.717, 1.165) is 38.8 Å². The molecule has 1 aliphatic carbocycles. The summed E-state index contributed by atoms with van der Waals surface area (Å²) in [7, 11) is -1.10. The van der Waals surface area contributed by atoms with Crippen molar-refractivity contribution in [1.82, 2.24) is 10.2 Å². The van der Waals surface area contributed by atoms with Crippen LogP contribution in [0, 0.1) is 5.41 Å². The van der Waals surface area contributed by atoms with Gasteiger partial charge in [0.05, 0.1) is 5.75 Å². The van der Waals surface area contributed by atoms with Crippen LogP contribution in [0.15, 0.2) is 0 Å². The third-order valence-corrected chi connectivity index (χ3v) is 5.33. The number of hydrogen-bond acceptors (Lipinski definition) is 4. The molecule has 0 bridgehead atoms. The average molecular weight is 325 g/mol. The predicted molar refractivity (Wildman–Crippen MR) is 81.9 cm³/mol. The summed E-state index contributed by atoms with van der Waals surface area (Å²) in [5, 5.41) is 3.12. The number of carbonyl (C=O) groups excluding carboxylic acids is 1. The van der Waals surface area contributed by atoms with E-state index in [-0.39, 0.29) is 35.5 Å². The van der Waals surface area contributed by atoms with E-state index < -0.39 is 9.84 Å². The SMILES string of the molecule is CNCC1CCCN1C(=O)CC1(CS(C)(=O)=O)CC1.Cl. The summed E-state index contributed by atoms with van der Waals surface area (Å²) in [6.07, 6.45) is 5.51. The summed E-state index contributed by atoms with van der Waals surface area (Å²) in [5.41, 5.74) is -0.253. The van der Waals surface area contributed by atoms with Gasteiger partial charge >= 0.3 is 0 Å². The number of nitrogens with one attached hydrogen (secondary N) is 1. The molecule has 7 heteroatoms. The summed E-state index contributed by atoms with van der Waals surface area (Å²) in [6.45, 7) is 1.64. The Morgan fingerprint density at radius 1 is 1.40 bits per heavy atom. The fourth-order valence-electron chi connectivity index (χ4n) is 3.14. The minimum atomic E-state index is -3.00. The molecule has 0 aromatic carbocycles. The normalized spacial score (nSPS) is 24.3. The number of likely N-dealkylation sites (tertiary alicyclic amines) is 1. The molecule has 0 radical (unpaired) electrons. The first-order chi connectivity index (χ1) is 8.85. The third-order valence-electron chi connectivity index (χ3n) is 4.19. The van der Waals surface area contributed by atoms with Gasteiger partial charge in [0, 0.05) is 31.8 Å². The van der Waals surface area contributed by atoms with Gasteiger partial charge in [0.25, 0.3) is 0 Å². The van der Waals surface area contributed by atoms with Crippen LogP contribution in [0.5, 0.6) is 0 Å². The first kappa shape index (κ1) is 17.7. The lowest BCUT2D eigenvalue weighted by Gasteiger charge is -2.26. The molecule has 1 saturated heterocycles. The van der Waals surface area contributed by atoms with E-state index in [4.69, 9.17) is 0 Å². The van der Waals surface area contributed by atoms with Gasteiger partial charge in [-0.15, -0.1) is 12.4 Å². The van der Waals surface area contributed by atoms with Crippen LogP contribution >= 0.6 is 12.4 Å². The molecule has 1 amide bonds. The van der Waals surface area contributed by atoms with Crippen molar-refractivity contribution in [2.45, 2.75) is 38.1 Å². The lowest BCUT2D eigenvalue weighted by Crippen LogP contribution is -2.42. The minimum absolute atomic E-state index is 0. The molecule has 1 heterocycles. The number of rotatable bonds is 6. The van der Waals surface area contributed by atoms with Crippen LogP contribution in [0.25, 0.3) is 0 Å². The maximum absolute atomic E-state index is 12.4. The van der Waals surface area contributed by atoms with E-state index in [1.807, 2.05) is 11.9 Å². The van der Waals surface area contributed by atoms with E-state index in [1.165, 1.54) is 6.26 Å². The van der Waals surface area contributed by atoms with Crippen molar-refractivity contribution < 1.29 is 13.2 Å². The zero-order valence-corrected chi connectivity index (χ0v) is 13.9. The van der Waals surface area contributed by atoms with Crippen LogP contribution in [0.4, 0.5) is 0 Å². The Kier molecular flexibility index (Phi) is 5.87. The number of halogens is 1. The molecule has 0 aromatic heterocycles. The summed E-state index contributed by atoms with van der Waals surface area (Å²) in [4.78, 5) is 14.3. The second-order valence-corrected chi connectivity index (χ2v) is 8.33. The number of sulfone groups is 1. The lowest BCUT2D eigenvalue weighted by atomic mass is 10.0. The standard InChI is InChI=1S/C13H24N2O3S.ClH/c1-14-9-11-4-3-7-15(11)12(16)8-13(5-6-13)10-19(2,17)18;/h11,14H,3-10H2,1-2H3;1H. The van der Waals surface area contributed by atoms with Gasteiger partial charge in [-0.2, -0.15) is 0 Å². The molecule has 1 saturated carbocycles. The van der Waals surface area contributed by atoms with Gasteiger partial charge in [-0.3, -0.25) is 4.79 Å². The zero-order chi connectivity index (χ0) is 14.1. The van der Waals surface area contributed by atoms with Gasteiger partial charge in [-0.05, 0) is 38.1 Å². The third kappa shape index (κ3) is 4.60. The Bertz CT molecular complexity index is 449. The molecule has 2 fully saturated rings. The number of amides is 1. The van der Waals surface area contributed by atoms with Crippen LogP contribution in [-0.4, -0.2) is 57.4 Å². The Labute approximate surface area is 127 Å². The van der Waals surface area contributed by atoms with E-state index in [0.29, 0.717) is 6.42 Å². The van der Waals surface area contributed by atoms with Gasteiger partial charge in [0.2, 0.25) is 5.91 Å². The molecule has 2 rings (SSSR count). The fraction of sp³-hybridized carbons (Fsp3) is 0.923. The predicted octanol–water partition coefficient (Wildman–Crippen LogP) is 0.833. The molecule has 118 valence electrons. The van der Waals surface area contributed by atoms with Gasteiger partial charge in [-0.25, -0.2) is 8.42 Å². The first-order valence-corrected chi connectivity index (χ1v) is 9.03. The zero-order valence-electron chi connectivity index (χ0n) is 12.2. The van der Waals surface area contributed by atoms with Crippen LogP contribution < -0.4 is 5.32 Å². The van der Waals surface area contributed by atoms with Gasteiger partial charge in [-0.1, -0.05) is 0 Å². The number of nitrogens with zero attached hydrogens (tertiary/aromatic N) is 1. The van der Waals surface area contributed by atoms with Crippen molar-refractivity contribution in [3.05, 3.63) is 0 Å². The topological polar surface area (TPSA) is 66.5 Å². The monoisotopic (exact) mass is 324 g/mol. The summed E-state index contributed by atoms with van der Waals surface area (Å²) < 4.78 is 22.8. The second-order valence-electron chi connectivity index (χ2n) is 6.19. The quantitative estimate of drug-likeness (QED) is 0.786.